The van der Waals surface area contributed by atoms with Gasteiger partial charge in [0.2, 0.25) is 0 Å². The summed E-state index contributed by atoms with van der Waals surface area (Å²) in [5, 5.41) is 5.30. The van der Waals surface area contributed by atoms with Crippen LogP contribution in [0.15, 0.2) is 54.9 Å². The first kappa shape index (κ1) is 13.7. The van der Waals surface area contributed by atoms with Crippen molar-refractivity contribution in [1.82, 2.24) is 10.3 Å². The molecule has 106 valence electrons. The van der Waals surface area contributed by atoms with E-state index in [-0.39, 0.29) is 5.82 Å². The van der Waals surface area contributed by atoms with Gasteiger partial charge in [0.15, 0.2) is 0 Å². The van der Waals surface area contributed by atoms with Crippen LogP contribution in [-0.2, 0) is 6.54 Å². The van der Waals surface area contributed by atoms with Gasteiger partial charge in [-0.25, -0.2) is 4.39 Å². The maximum absolute atomic E-state index is 14.2. The van der Waals surface area contributed by atoms with Crippen LogP contribution in [0.1, 0.15) is 12.5 Å². The van der Waals surface area contributed by atoms with Crippen molar-refractivity contribution in [3.8, 4) is 11.1 Å². The Labute approximate surface area is 123 Å². The highest BCUT2D eigenvalue weighted by Crippen LogP contribution is 2.29. The molecular weight excluding hydrogens is 263 g/mol. The molecule has 0 aliphatic rings. The number of hydrogen-bond donors (Lipinski definition) is 1. The Morgan fingerprint density at radius 1 is 1.14 bits per heavy atom. The molecule has 1 N–H and O–H groups in total. The lowest BCUT2D eigenvalue weighted by Crippen LogP contribution is -2.12. The number of nitrogens with one attached hydrogen (secondary N) is 1. The van der Waals surface area contributed by atoms with Crippen molar-refractivity contribution < 1.29 is 4.39 Å². The third kappa shape index (κ3) is 2.78. The Morgan fingerprint density at radius 3 is 2.86 bits per heavy atom. The number of hydrogen-bond acceptors (Lipinski definition) is 2. The maximum Gasteiger partial charge on any atom is 0.128 e. The van der Waals surface area contributed by atoms with Gasteiger partial charge >= 0.3 is 0 Å². The van der Waals surface area contributed by atoms with E-state index in [1.807, 2.05) is 49.5 Å². The number of aromatic nitrogens is 1. The number of nitrogens with zero attached hydrogens (tertiary/aromatic N) is 1. The lowest BCUT2D eigenvalue weighted by Gasteiger charge is -2.09. The lowest BCUT2D eigenvalue weighted by molar-refractivity contribution is 0.594. The second-order valence-corrected chi connectivity index (χ2v) is 4.99. The molecule has 0 amide bonds. The van der Waals surface area contributed by atoms with Crippen molar-refractivity contribution in [3.63, 3.8) is 0 Å². The second kappa shape index (κ2) is 6.02. The Kier molecular flexibility index (Phi) is 3.93. The standard InChI is InChI=1S/C18H17FN2/c1-2-20-12-15-7-6-13(10-18(15)19)16-5-3-4-14-11-21-9-8-17(14)16/h3-11,20H,2,12H2,1H3. The van der Waals surface area contributed by atoms with Crippen molar-refractivity contribution in [3.05, 3.63) is 66.2 Å². The molecule has 0 aliphatic heterocycles. The van der Waals surface area contributed by atoms with Gasteiger partial charge in [0.1, 0.15) is 5.82 Å². The van der Waals surface area contributed by atoms with E-state index >= 15 is 0 Å². The van der Waals surface area contributed by atoms with E-state index in [0.29, 0.717) is 12.1 Å². The average molecular weight is 280 g/mol. The van der Waals surface area contributed by atoms with Gasteiger partial charge in [0.05, 0.1) is 0 Å². The highest BCUT2D eigenvalue weighted by molar-refractivity contribution is 5.96. The van der Waals surface area contributed by atoms with Crippen LogP contribution in [-0.4, -0.2) is 11.5 Å². The van der Waals surface area contributed by atoms with Gasteiger partial charge in [-0.05, 0) is 35.2 Å². The normalized spacial score (nSPS) is 11.0. The summed E-state index contributed by atoms with van der Waals surface area (Å²) in [6, 6.07) is 13.4. The van der Waals surface area contributed by atoms with E-state index in [2.05, 4.69) is 10.3 Å². The molecule has 1 aromatic heterocycles. The Hall–Kier alpha value is -2.26. The monoisotopic (exact) mass is 280 g/mol. The molecule has 0 saturated heterocycles. The summed E-state index contributed by atoms with van der Waals surface area (Å²) < 4.78 is 14.2. The zero-order chi connectivity index (χ0) is 14.7. The minimum atomic E-state index is -0.167. The van der Waals surface area contributed by atoms with Crippen LogP contribution in [0.3, 0.4) is 0 Å². The maximum atomic E-state index is 14.2. The molecule has 0 radical (unpaired) electrons. The first-order valence-corrected chi connectivity index (χ1v) is 7.12. The highest BCUT2D eigenvalue weighted by atomic mass is 19.1. The van der Waals surface area contributed by atoms with Gasteiger partial charge in [0, 0.05) is 29.9 Å². The van der Waals surface area contributed by atoms with Crippen LogP contribution >= 0.6 is 0 Å². The van der Waals surface area contributed by atoms with Crippen LogP contribution in [0.25, 0.3) is 21.9 Å². The fourth-order valence-electron chi connectivity index (χ4n) is 2.49. The van der Waals surface area contributed by atoms with Crippen LogP contribution < -0.4 is 5.32 Å². The minimum absolute atomic E-state index is 0.167. The fourth-order valence-corrected chi connectivity index (χ4v) is 2.49. The van der Waals surface area contributed by atoms with Gasteiger partial charge in [-0.2, -0.15) is 0 Å². The SMILES string of the molecule is CCNCc1ccc(-c2cccc3cnccc23)cc1F. The lowest BCUT2D eigenvalue weighted by atomic mass is 9.98. The minimum Gasteiger partial charge on any atom is -0.313 e. The topological polar surface area (TPSA) is 24.9 Å². The number of rotatable bonds is 4. The van der Waals surface area contributed by atoms with Gasteiger partial charge < -0.3 is 5.32 Å². The zero-order valence-electron chi connectivity index (χ0n) is 11.9. The van der Waals surface area contributed by atoms with E-state index in [1.54, 1.807) is 12.3 Å². The van der Waals surface area contributed by atoms with Crippen LogP contribution in [0.5, 0.6) is 0 Å². The smallest absolute Gasteiger partial charge is 0.128 e. The number of fused-ring (bicyclic) bond motifs is 1. The van der Waals surface area contributed by atoms with E-state index in [0.717, 1.165) is 28.4 Å². The van der Waals surface area contributed by atoms with Gasteiger partial charge in [-0.1, -0.05) is 37.3 Å². The van der Waals surface area contributed by atoms with Crippen molar-refractivity contribution in [2.75, 3.05) is 6.54 Å². The Morgan fingerprint density at radius 2 is 2.05 bits per heavy atom. The van der Waals surface area contributed by atoms with Crippen LogP contribution in [0, 0.1) is 5.82 Å². The van der Waals surface area contributed by atoms with Crippen molar-refractivity contribution in [1.29, 1.82) is 0 Å². The molecule has 21 heavy (non-hydrogen) atoms. The first-order valence-electron chi connectivity index (χ1n) is 7.12. The molecule has 1 heterocycles. The predicted molar refractivity (Wildman–Crippen MR) is 84.5 cm³/mol. The van der Waals surface area contributed by atoms with Gasteiger partial charge in [-0.15, -0.1) is 0 Å². The van der Waals surface area contributed by atoms with Crippen molar-refractivity contribution in [2.45, 2.75) is 13.5 Å². The molecule has 0 unspecified atom stereocenters. The summed E-state index contributed by atoms with van der Waals surface area (Å²) in [7, 11) is 0. The first-order chi connectivity index (χ1) is 10.3. The quantitative estimate of drug-likeness (QED) is 0.776. The van der Waals surface area contributed by atoms with Gasteiger partial charge in [0.25, 0.3) is 0 Å². The zero-order valence-corrected chi connectivity index (χ0v) is 11.9. The molecule has 0 aliphatic carbocycles. The number of benzene rings is 2. The number of pyridine rings is 1. The van der Waals surface area contributed by atoms with E-state index in [9.17, 15) is 4.39 Å². The van der Waals surface area contributed by atoms with Crippen LogP contribution in [0.4, 0.5) is 4.39 Å². The van der Waals surface area contributed by atoms with E-state index in [4.69, 9.17) is 0 Å². The molecule has 0 saturated carbocycles. The molecule has 3 heteroatoms. The Balaban J connectivity index is 2.05. The second-order valence-electron chi connectivity index (χ2n) is 4.99. The average Bonchev–Trinajstić information content (AvgIpc) is 2.53. The molecule has 0 bridgehead atoms. The van der Waals surface area contributed by atoms with Crippen molar-refractivity contribution >= 4 is 10.8 Å². The van der Waals surface area contributed by atoms with Gasteiger partial charge in [-0.3, -0.25) is 4.98 Å². The van der Waals surface area contributed by atoms with Crippen molar-refractivity contribution in [2.24, 2.45) is 0 Å². The third-order valence-electron chi connectivity index (χ3n) is 3.61. The molecule has 3 aromatic rings. The fraction of sp³-hybridized carbons (Fsp3) is 0.167. The summed E-state index contributed by atoms with van der Waals surface area (Å²) in [5.41, 5.74) is 2.62. The van der Waals surface area contributed by atoms with E-state index < -0.39 is 0 Å². The summed E-state index contributed by atoms with van der Waals surface area (Å²) in [5.74, 6) is -0.167. The molecule has 3 rings (SSSR count). The largest absolute Gasteiger partial charge is 0.313 e. The molecule has 2 nitrogen and oxygen atoms in total. The molecule has 0 spiro atoms. The predicted octanol–water partition coefficient (Wildman–Crippen LogP) is 4.15. The summed E-state index contributed by atoms with van der Waals surface area (Å²) in [6.45, 7) is 3.40. The molecule has 0 atom stereocenters. The summed E-state index contributed by atoms with van der Waals surface area (Å²) >= 11 is 0. The third-order valence-corrected chi connectivity index (χ3v) is 3.61. The van der Waals surface area contributed by atoms with Crippen LogP contribution in [0.2, 0.25) is 0 Å². The highest BCUT2D eigenvalue weighted by Gasteiger charge is 2.07. The summed E-state index contributed by atoms with van der Waals surface area (Å²) in [4.78, 5) is 4.13. The molecular formula is C18H17FN2. The molecule has 2 aromatic carbocycles. The van der Waals surface area contributed by atoms with E-state index in [1.165, 1.54) is 0 Å². The number of halogens is 1. The molecule has 0 fully saturated rings. The summed E-state index contributed by atoms with van der Waals surface area (Å²) in [6.07, 6.45) is 3.59. The Bertz CT molecular complexity index is 763.